The largest absolute Gasteiger partial charge is 0.316 e. The highest BCUT2D eigenvalue weighted by Crippen LogP contribution is 2.27. The molecular weight excluding hydrogens is 420 g/mol. The molecule has 0 spiro atoms. The van der Waals surface area contributed by atoms with Crippen LogP contribution in [0.1, 0.15) is 5.56 Å². The van der Waals surface area contributed by atoms with Crippen molar-refractivity contribution in [2.45, 2.75) is 16.3 Å². The number of rotatable bonds is 6. The maximum absolute atomic E-state index is 13.2. The van der Waals surface area contributed by atoms with Gasteiger partial charge in [0, 0.05) is 19.0 Å². The molecule has 1 heterocycles. The Bertz CT molecular complexity index is 1150. The fourth-order valence-electron chi connectivity index (χ4n) is 2.79. The number of aromatic nitrogens is 1. The van der Waals surface area contributed by atoms with E-state index in [0.29, 0.717) is 12.2 Å². The smallest absolute Gasteiger partial charge is 0.268 e. The molecule has 2 aromatic carbocycles. The number of nitrogens with one attached hydrogen (secondary N) is 1. The van der Waals surface area contributed by atoms with E-state index in [-0.39, 0.29) is 22.2 Å². The Morgan fingerprint density at radius 3 is 2.00 bits per heavy atom. The lowest BCUT2D eigenvalue weighted by atomic mass is 10.1. The fourth-order valence-corrected chi connectivity index (χ4v) is 4.82. The second kappa shape index (κ2) is 8.48. The van der Waals surface area contributed by atoms with Crippen molar-refractivity contribution in [2.24, 2.45) is 0 Å². The lowest BCUT2D eigenvalue weighted by Crippen LogP contribution is -2.13. The molecule has 0 radical (unpaired) electrons. The van der Waals surface area contributed by atoms with Gasteiger partial charge in [0.15, 0.2) is 9.84 Å². The predicted molar refractivity (Wildman–Crippen MR) is 112 cm³/mol. The molecule has 6 nitrogen and oxygen atoms in total. The summed E-state index contributed by atoms with van der Waals surface area (Å²) in [4.78, 5) is 0.104. The van der Waals surface area contributed by atoms with E-state index < -0.39 is 19.9 Å². The monoisotopic (exact) mass is 440 g/mol. The number of halogens is 1. The maximum Gasteiger partial charge on any atom is 0.268 e. The molecule has 0 saturated heterocycles. The van der Waals surface area contributed by atoms with Crippen molar-refractivity contribution in [2.75, 3.05) is 13.3 Å². The average Bonchev–Trinajstić information content (AvgIpc) is 3.07. The van der Waals surface area contributed by atoms with E-state index in [2.05, 4.69) is 5.32 Å². The molecule has 3 rings (SSSR count). The lowest BCUT2D eigenvalue weighted by molar-refractivity contribution is 0.587. The first-order valence-electron chi connectivity index (χ1n) is 8.20. The van der Waals surface area contributed by atoms with Gasteiger partial charge >= 0.3 is 0 Å². The van der Waals surface area contributed by atoms with Crippen molar-refractivity contribution < 1.29 is 16.8 Å². The minimum absolute atomic E-state index is 0. The van der Waals surface area contributed by atoms with Crippen LogP contribution in [0.2, 0.25) is 0 Å². The average molecular weight is 441 g/mol. The van der Waals surface area contributed by atoms with Crippen molar-refractivity contribution in [1.29, 1.82) is 0 Å². The lowest BCUT2D eigenvalue weighted by Gasteiger charge is -2.11. The molecule has 3 aromatic rings. The van der Waals surface area contributed by atoms with Crippen LogP contribution in [0, 0.1) is 0 Å². The highest BCUT2D eigenvalue weighted by Gasteiger charge is 2.22. The third-order valence-electron chi connectivity index (χ3n) is 4.10. The molecule has 9 heteroatoms. The van der Waals surface area contributed by atoms with E-state index in [1.165, 1.54) is 28.2 Å². The number of hydrogen-bond acceptors (Lipinski definition) is 5. The first-order chi connectivity index (χ1) is 12.7. The summed E-state index contributed by atoms with van der Waals surface area (Å²) in [5.74, 6) is 0. The van der Waals surface area contributed by atoms with Crippen LogP contribution in [-0.2, 0) is 26.4 Å². The zero-order valence-electron chi connectivity index (χ0n) is 15.4. The topological polar surface area (TPSA) is 85.2 Å². The Morgan fingerprint density at radius 1 is 0.893 bits per heavy atom. The minimum Gasteiger partial charge on any atom is -0.316 e. The first-order valence-corrected chi connectivity index (χ1v) is 11.5. The maximum atomic E-state index is 13.2. The van der Waals surface area contributed by atoms with Crippen LogP contribution in [0.5, 0.6) is 0 Å². The highest BCUT2D eigenvalue weighted by molar-refractivity contribution is 7.91. The van der Waals surface area contributed by atoms with Crippen molar-refractivity contribution >= 4 is 32.3 Å². The van der Waals surface area contributed by atoms with Gasteiger partial charge in [0.1, 0.15) is 0 Å². The summed E-state index contributed by atoms with van der Waals surface area (Å²) in [6, 6.07) is 16.3. The van der Waals surface area contributed by atoms with Gasteiger partial charge in [-0.3, -0.25) is 0 Å². The third-order valence-corrected chi connectivity index (χ3v) is 6.92. The molecule has 0 unspecified atom stereocenters. The molecule has 0 aliphatic carbocycles. The second-order valence-corrected chi connectivity index (χ2v) is 10.0. The van der Waals surface area contributed by atoms with Gasteiger partial charge in [0.05, 0.1) is 15.5 Å². The summed E-state index contributed by atoms with van der Waals surface area (Å²) in [7, 11) is -5.49. The van der Waals surface area contributed by atoms with Crippen molar-refractivity contribution in [3.63, 3.8) is 0 Å². The van der Waals surface area contributed by atoms with Crippen LogP contribution in [0.15, 0.2) is 76.7 Å². The van der Waals surface area contributed by atoms with Crippen LogP contribution in [0.25, 0.3) is 11.3 Å². The highest BCUT2D eigenvalue weighted by atomic mass is 35.5. The molecule has 0 bridgehead atoms. The van der Waals surface area contributed by atoms with Crippen LogP contribution in [-0.4, -0.2) is 34.1 Å². The van der Waals surface area contributed by atoms with Crippen LogP contribution in [0.3, 0.4) is 0 Å². The van der Waals surface area contributed by atoms with Gasteiger partial charge in [-0.1, -0.05) is 30.3 Å². The Labute approximate surface area is 171 Å². The first kappa shape index (κ1) is 22.2. The van der Waals surface area contributed by atoms with E-state index in [1.807, 2.05) is 36.4 Å². The quantitative estimate of drug-likeness (QED) is 0.637. The molecule has 0 fully saturated rings. The molecular formula is C19H21ClN2O4S2. The zero-order chi connectivity index (χ0) is 19.7. The Kier molecular flexibility index (Phi) is 6.71. The number of sulfone groups is 1. The van der Waals surface area contributed by atoms with Gasteiger partial charge < -0.3 is 5.32 Å². The fraction of sp³-hybridized carbons (Fsp3) is 0.158. The summed E-state index contributed by atoms with van der Waals surface area (Å²) < 4.78 is 50.9. The summed E-state index contributed by atoms with van der Waals surface area (Å²) in [5, 5.41) is 3.02. The Balaban J connectivity index is 0.00000280. The van der Waals surface area contributed by atoms with Gasteiger partial charge in [0.2, 0.25) is 0 Å². The van der Waals surface area contributed by atoms with Gasteiger partial charge in [-0.25, -0.2) is 20.8 Å². The van der Waals surface area contributed by atoms with Crippen molar-refractivity contribution in [3.05, 3.63) is 72.4 Å². The molecule has 28 heavy (non-hydrogen) atoms. The third kappa shape index (κ3) is 4.47. The number of hydrogen-bond donors (Lipinski definition) is 1. The van der Waals surface area contributed by atoms with Crippen LogP contribution in [0.4, 0.5) is 0 Å². The molecule has 0 saturated carbocycles. The number of nitrogens with zero attached hydrogens (tertiary/aromatic N) is 1. The molecule has 1 N–H and O–H groups in total. The van der Waals surface area contributed by atoms with Crippen LogP contribution < -0.4 is 5.32 Å². The molecule has 0 aliphatic heterocycles. The Morgan fingerprint density at radius 2 is 1.46 bits per heavy atom. The minimum atomic E-state index is -3.88. The van der Waals surface area contributed by atoms with E-state index in [1.54, 1.807) is 13.2 Å². The van der Waals surface area contributed by atoms with E-state index in [4.69, 9.17) is 0 Å². The molecule has 0 amide bonds. The summed E-state index contributed by atoms with van der Waals surface area (Å²) >= 11 is 0. The van der Waals surface area contributed by atoms with E-state index in [0.717, 1.165) is 17.4 Å². The van der Waals surface area contributed by atoms with Gasteiger partial charge in [-0.05, 0) is 48.5 Å². The van der Waals surface area contributed by atoms with Gasteiger partial charge in [-0.2, -0.15) is 0 Å². The normalized spacial score (nSPS) is 11.8. The number of benzene rings is 2. The van der Waals surface area contributed by atoms with E-state index in [9.17, 15) is 16.8 Å². The molecule has 150 valence electrons. The summed E-state index contributed by atoms with van der Waals surface area (Å²) in [5.41, 5.74) is 2.15. The van der Waals surface area contributed by atoms with Crippen molar-refractivity contribution in [3.8, 4) is 11.3 Å². The molecule has 1 aromatic heterocycles. The van der Waals surface area contributed by atoms with Gasteiger partial charge in [0.25, 0.3) is 10.0 Å². The van der Waals surface area contributed by atoms with Crippen molar-refractivity contribution in [1.82, 2.24) is 9.29 Å². The predicted octanol–water partition coefficient (Wildman–Crippen LogP) is 2.94. The second-order valence-electron chi connectivity index (χ2n) is 6.17. The standard InChI is InChI=1S/C19H20N2O4S2.ClH/c1-20-13-15-12-19(16-6-4-3-5-7-16)21(14-15)27(24,25)18-10-8-17(9-11-18)26(2,22)23;/h3-12,14,20H,13H2,1-2H3;1H. The van der Waals surface area contributed by atoms with E-state index >= 15 is 0 Å². The molecule has 0 atom stereocenters. The Hall–Kier alpha value is -2.13. The van der Waals surface area contributed by atoms with Crippen LogP contribution >= 0.6 is 12.4 Å². The summed E-state index contributed by atoms with van der Waals surface area (Å²) in [6.07, 6.45) is 2.67. The molecule has 0 aliphatic rings. The summed E-state index contributed by atoms with van der Waals surface area (Å²) in [6.45, 7) is 0.523. The zero-order valence-corrected chi connectivity index (χ0v) is 17.8. The van der Waals surface area contributed by atoms with Gasteiger partial charge in [-0.15, -0.1) is 12.4 Å². The SMILES string of the molecule is CNCc1cc(-c2ccccc2)n(S(=O)(=O)c2ccc(S(C)(=O)=O)cc2)c1.Cl.